The Morgan fingerprint density at radius 1 is 1.18 bits per heavy atom. The first-order valence-electron chi connectivity index (χ1n) is 6.97. The van der Waals surface area contributed by atoms with Crippen molar-refractivity contribution in [3.63, 3.8) is 0 Å². The number of benzene rings is 2. The van der Waals surface area contributed by atoms with Crippen LogP contribution in [0.1, 0.15) is 5.56 Å². The zero-order valence-corrected chi connectivity index (χ0v) is 13.0. The largest absolute Gasteiger partial charge is 0.491 e. The molecule has 0 spiro atoms. The molecule has 0 bridgehead atoms. The highest BCUT2D eigenvalue weighted by Gasteiger charge is 2.23. The molecule has 0 amide bonds. The zero-order chi connectivity index (χ0) is 15.6. The summed E-state index contributed by atoms with van der Waals surface area (Å²) in [4.78, 5) is 0.279. The van der Waals surface area contributed by atoms with Crippen molar-refractivity contribution in [1.82, 2.24) is 0 Å². The van der Waals surface area contributed by atoms with Gasteiger partial charge in [0.2, 0.25) is 0 Å². The normalized spacial score (nSPS) is 17.0. The fourth-order valence-corrected chi connectivity index (χ4v) is 3.35. The maximum atomic E-state index is 12.4. The molecule has 1 aliphatic heterocycles. The first-order chi connectivity index (χ1) is 10.5. The third-order valence-corrected chi connectivity index (χ3v) is 4.87. The van der Waals surface area contributed by atoms with E-state index < -0.39 is 10.0 Å². The lowest BCUT2D eigenvalue weighted by Gasteiger charge is -2.11. The number of nitrogens with one attached hydrogen (secondary N) is 1. The van der Waals surface area contributed by atoms with Crippen LogP contribution in [-0.2, 0) is 14.8 Å². The number of rotatable bonds is 6. The summed E-state index contributed by atoms with van der Waals surface area (Å²) in [7, 11) is -3.58. The van der Waals surface area contributed by atoms with Gasteiger partial charge in [0, 0.05) is 5.69 Å². The van der Waals surface area contributed by atoms with Crippen molar-refractivity contribution in [3.8, 4) is 5.75 Å². The fraction of sp³-hybridized carbons (Fsp3) is 0.250. The Labute approximate surface area is 129 Å². The van der Waals surface area contributed by atoms with Crippen LogP contribution in [0.3, 0.4) is 0 Å². The molecule has 0 aromatic heterocycles. The van der Waals surface area contributed by atoms with Crippen molar-refractivity contribution >= 4 is 15.7 Å². The SMILES string of the molecule is Cc1ccccc1S(=O)(=O)Nc1ccc(OCC2CO2)cc1. The Hall–Kier alpha value is -2.05. The molecular weight excluding hydrogens is 302 g/mol. The van der Waals surface area contributed by atoms with E-state index in [1.54, 1.807) is 49.4 Å². The smallest absolute Gasteiger partial charge is 0.262 e. The van der Waals surface area contributed by atoms with Gasteiger partial charge < -0.3 is 9.47 Å². The van der Waals surface area contributed by atoms with E-state index in [-0.39, 0.29) is 11.0 Å². The van der Waals surface area contributed by atoms with Gasteiger partial charge in [-0.3, -0.25) is 4.72 Å². The van der Waals surface area contributed by atoms with Crippen molar-refractivity contribution in [1.29, 1.82) is 0 Å². The molecule has 116 valence electrons. The van der Waals surface area contributed by atoms with E-state index in [9.17, 15) is 8.42 Å². The third kappa shape index (κ3) is 3.58. The summed E-state index contributed by atoms with van der Waals surface area (Å²) in [5.74, 6) is 0.689. The second kappa shape index (κ2) is 5.98. The van der Waals surface area contributed by atoms with Crippen LogP contribution in [0, 0.1) is 6.92 Å². The Morgan fingerprint density at radius 2 is 1.86 bits per heavy atom. The highest BCUT2D eigenvalue weighted by molar-refractivity contribution is 7.92. The molecule has 1 fully saturated rings. The van der Waals surface area contributed by atoms with Gasteiger partial charge in [-0.05, 0) is 42.8 Å². The second-order valence-electron chi connectivity index (χ2n) is 5.16. The highest BCUT2D eigenvalue weighted by Crippen LogP contribution is 2.22. The average molecular weight is 319 g/mol. The number of hydrogen-bond donors (Lipinski definition) is 1. The quantitative estimate of drug-likeness (QED) is 0.831. The molecule has 5 nitrogen and oxygen atoms in total. The molecule has 1 atom stereocenters. The van der Waals surface area contributed by atoms with Crippen LogP contribution in [0.2, 0.25) is 0 Å². The number of aryl methyl sites for hydroxylation is 1. The Balaban J connectivity index is 1.70. The molecular formula is C16H17NO4S. The molecule has 1 unspecified atom stereocenters. The Morgan fingerprint density at radius 3 is 2.50 bits per heavy atom. The Kier molecular flexibility index (Phi) is 4.04. The number of hydrogen-bond acceptors (Lipinski definition) is 4. The van der Waals surface area contributed by atoms with Crippen LogP contribution >= 0.6 is 0 Å². The van der Waals surface area contributed by atoms with Crippen LogP contribution in [0.25, 0.3) is 0 Å². The van der Waals surface area contributed by atoms with Gasteiger partial charge in [-0.1, -0.05) is 18.2 Å². The van der Waals surface area contributed by atoms with Gasteiger partial charge >= 0.3 is 0 Å². The number of anilines is 1. The molecule has 1 aliphatic rings. The summed E-state index contributed by atoms with van der Waals surface area (Å²) in [6, 6.07) is 13.7. The second-order valence-corrected chi connectivity index (χ2v) is 6.81. The third-order valence-electron chi connectivity index (χ3n) is 3.33. The van der Waals surface area contributed by atoms with E-state index in [0.29, 0.717) is 23.6 Å². The minimum absolute atomic E-state index is 0.194. The number of epoxide rings is 1. The molecule has 2 aromatic carbocycles. The van der Waals surface area contributed by atoms with E-state index in [1.807, 2.05) is 6.07 Å². The lowest BCUT2D eigenvalue weighted by molar-refractivity contribution is 0.263. The summed E-state index contributed by atoms with van der Waals surface area (Å²) < 4.78 is 37.9. The lowest BCUT2D eigenvalue weighted by Crippen LogP contribution is -2.14. The molecule has 2 aromatic rings. The number of ether oxygens (including phenoxy) is 2. The summed E-state index contributed by atoms with van der Waals surface area (Å²) in [6.07, 6.45) is 0.194. The van der Waals surface area contributed by atoms with Gasteiger partial charge in [0.1, 0.15) is 18.5 Å². The monoisotopic (exact) mass is 319 g/mol. The highest BCUT2D eigenvalue weighted by atomic mass is 32.2. The minimum atomic E-state index is -3.58. The molecule has 0 aliphatic carbocycles. The van der Waals surface area contributed by atoms with Crippen molar-refractivity contribution in [2.45, 2.75) is 17.9 Å². The van der Waals surface area contributed by atoms with Crippen molar-refractivity contribution in [2.24, 2.45) is 0 Å². The molecule has 6 heteroatoms. The standard InChI is InChI=1S/C16H17NO4S/c1-12-4-2-3-5-16(12)22(18,19)17-13-6-8-14(9-7-13)20-10-15-11-21-15/h2-9,15,17H,10-11H2,1H3. The van der Waals surface area contributed by atoms with E-state index in [4.69, 9.17) is 9.47 Å². The first kappa shape index (κ1) is 14.9. The molecule has 1 saturated heterocycles. The average Bonchev–Trinajstić information content (AvgIpc) is 3.31. The van der Waals surface area contributed by atoms with Crippen LogP contribution in [0.15, 0.2) is 53.4 Å². The number of sulfonamides is 1. The summed E-state index contributed by atoms with van der Waals surface area (Å²) in [5, 5.41) is 0. The van der Waals surface area contributed by atoms with Gasteiger partial charge in [0.05, 0.1) is 11.5 Å². The van der Waals surface area contributed by atoms with Gasteiger partial charge in [-0.25, -0.2) is 8.42 Å². The maximum absolute atomic E-state index is 12.4. The maximum Gasteiger partial charge on any atom is 0.262 e. The lowest BCUT2D eigenvalue weighted by atomic mass is 10.2. The molecule has 22 heavy (non-hydrogen) atoms. The zero-order valence-electron chi connectivity index (χ0n) is 12.2. The van der Waals surface area contributed by atoms with Crippen LogP contribution in [0.5, 0.6) is 5.75 Å². The van der Waals surface area contributed by atoms with Gasteiger partial charge in [0.25, 0.3) is 10.0 Å². The predicted octanol–water partition coefficient (Wildman–Crippen LogP) is 2.57. The van der Waals surface area contributed by atoms with Crippen LogP contribution < -0.4 is 9.46 Å². The summed E-state index contributed by atoms with van der Waals surface area (Å²) in [5.41, 5.74) is 1.21. The van der Waals surface area contributed by atoms with Crippen molar-refractivity contribution < 1.29 is 17.9 Å². The van der Waals surface area contributed by atoms with E-state index in [2.05, 4.69) is 4.72 Å². The molecule has 1 N–H and O–H groups in total. The Bertz CT molecular complexity index is 752. The van der Waals surface area contributed by atoms with E-state index in [1.165, 1.54) is 0 Å². The van der Waals surface area contributed by atoms with Gasteiger partial charge in [-0.2, -0.15) is 0 Å². The van der Waals surface area contributed by atoms with Crippen LogP contribution in [0.4, 0.5) is 5.69 Å². The molecule has 1 heterocycles. The molecule has 3 rings (SSSR count). The molecule has 0 saturated carbocycles. The summed E-state index contributed by atoms with van der Waals surface area (Å²) in [6.45, 7) is 3.04. The fourth-order valence-electron chi connectivity index (χ4n) is 2.04. The predicted molar refractivity (Wildman–Crippen MR) is 83.7 cm³/mol. The van der Waals surface area contributed by atoms with Crippen molar-refractivity contribution in [3.05, 3.63) is 54.1 Å². The van der Waals surface area contributed by atoms with E-state index in [0.717, 1.165) is 6.61 Å². The molecule has 0 radical (unpaired) electrons. The summed E-state index contributed by atoms with van der Waals surface area (Å²) >= 11 is 0. The van der Waals surface area contributed by atoms with E-state index >= 15 is 0 Å². The van der Waals surface area contributed by atoms with Gasteiger partial charge in [0.15, 0.2) is 0 Å². The van der Waals surface area contributed by atoms with Gasteiger partial charge in [-0.15, -0.1) is 0 Å². The topological polar surface area (TPSA) is 67.9 Å². The van der Waals surface area contributed by atoms with Crippen molar-refractivity contribution in [2.75, 3.05) is 17.9 Å². The minimum Gasteiger partial charge on any atom is -0.491 e. The van der Waals surface area contributed by atoms with Crippen LogP contribution in [-0.4, -0.2) is 27.7 Å². The first-order valence-corrected chi connectivity index (χ1v) is 8.46.